The highest BCUT2D eigenvalue weighted by molar-refractivity contribution is 5.83. The van der Waals surface area contributed by atoms with Gasteiger partial charge in [-0.2, -0.15) is 0 Å². The number of benzene rings is 1. The number of hydrogen-bond acceptors (Lipinski definition) is 6. The molecule has 3 heterocycles. The number of fused-ring (bicyclic) bond motifs is 1. The van der Waals surface area contributed by atoms with E-state index in [1.54, 1.807) is 12.4 Å². The molecule has 0 bridgehead atoms. The van der Waals surface area contributed by atoms with Crippen LogP contribution in [0.3, 0.4) is 0 Å². The average molecular weight is 337 g/mol. The van der Waals surface area contributed by atoms with Gasteiger partial charge in [-0.15, -0.1) is 0 Å². The molecule has 0 radical (unpaired) electrons. The maximum atomic E-state index is 12.9. The lowest BCUT2D eigenvalue weighted by Gasteiger charge is -2.26. The van der Waals surface area contributed by atoms with Crippen molar-refractivity contribution in [2.24, 2.45) is 0 Å². The number of likely N-dealkylation sites (tertiary alicyclic amines) is 1. The first-order valence-corrected chi connectivity index (χ1v) is 8.44. The molecule has 0 saturated carbocycles. The minimum absolute atomic E-state index is 0.00623. The van der Waals surface area contributed by atoms with Crippen LogP contribution < -0.4 is 5.32 Å². The largest absolute Gasteiger partial charge is 0.350 e. The topological polar surface area (TPSA) is 84.2 Å². The second-order valence-electron chi connectivity index (χ2n) is 6.24. The predicted molar refractivity (Wildman–Crippen MR) is 91.4 cm³/mol. The van der Waals surface area contributed by atoms with Gasteiger partial charge in [0.15, 0.2) is 0 Å². The van der Waals surface area contributed by atoms with E-state index in [4.69, 9.17) is 4.63 Å². The van der Waals surface area contributed by atoms with E-state index in [1.165, 1.54) is 0 Å². The summed E-state index contributed by atoms with van der Waals surface area (Å²) >= 11 is 0. The monoisotopic (exact) mass is 337 g/mol. The molecular formula is C18H19N5O2. The summed E-state index contributed by atoms with van der Waals surface area (Å²) in [6.07, 6.45) is 5.75. The van der Waals surface area contributed by atoms with Crippen molar-refractivity contribution in [1.29, 1.82) is 0 Å². The third kappa shape index (κ3) is 3.36. The predicted octanol–water partition coefficient (Wildman–Crippen LogP) is 2.07. The van der Waals surface area contributed by atoms with Gasteiger partial charge in [0.2, 0.25) is 5.91 Å². The van der Waals surface area contributed by atoms with E-state index < -0.39 is 0 Å². The number of hydrogen-bond donors (Lipinski definition) is 1. The molecule has 1 aromatic carbocycles. The van der Waals surface area contributed by atoms with Crippen molar-refractivity contribution in [3.8, 4) is 0 Å². The molecule has 3 aromatic rings. The van der Waals surface area contributed by atoms with Gasteiger partial charge in [-0.05, 0) is 65.6 Å². The number of amides is 1. The molecule has 128 valence electrons. The van der Waals surface area contributed by atoms with Gasteiger partial charge >= 0.3 is 0 Å². The Labute approximate surface area is 145 Å². The van der Waals surface area contributed by atoms with E-state index in [9.17, 15) is 4.79 Å². The van der Waals surface area contributed by atoms with E-state index in [1.807, 2.05) is 30.3 Å². The summed E-state index contributed by atoms with van der Waals surface area (Å²) in [5.74, 6) is -0.00623. The van der Waals surface area contributed by atoms with E-state index in [2.05, 4.69) is 25.5 Å². The molecule has 2 aromatic heterocycles. The molecule has 1 atom stereocenters. The summed E-state index contributed by atoms with van der Waals surface area (Å²) < 4.78 is 4.71. The number of pyridine rings is 1. The molecule has 1 aliphatic rings. The zero-order valence-corrected chi connectivity index (χ0v) is 13.8. The Morgan fingerprint density at radius 1 is 1.20 bits per heavy atom. The minimum Gasteiger partial charge on any atom is -0.350 e. The van der Waals surface area contributed by atoms with Crippen LogP contribution in [0.25, 0.3) is 11.0 Å². The Balaban J connectivity index is 1.50. The van der Waals surface area contributed by atoms with Crippen LogP contribution in [-0.2, 0) is 11.3 Å². The van der Waals surface area contributed by atoms with Gasteiger partial charge in [0.25, 0.3) is 0 Å². The van der Waals surface area contributed by atoms with E-state index in [0.717, 1.165) is 37.1 Å². The molecule has 1 saturated heterocycles. The summed E-state index contributed by atoms with van der Waals surface area (Å²) in [4.78, 5) is 19.3. The molecule has 4 rings (SSSR count). The van der Waals surface area contributed by atoms with Crippen LogP contribution in [0.1, 0.15) is 30.0 Å². The molecule has 1 N–H and O–H groups in total. The second-order valence-corrected chi connectivity index (χ2v) is 6.24. The van der Waals surface area contributed by atoms with Crippen molar-refractivity contribution >= 4 is 16.9 Å². The van der Waals surface area contributed by atoms with E-state index in [-0.39, 0.29) is 11.9 Å². The van der Waals surface area contributed by atoms with Crippen LogP contribution >= 0.6 is 0 Å². The number of nitrogens with zero attached hydrogens (tertiary/aromatic N) is 4. The molecule has 0 spiro atoms. The van der Waals surface area contributed by atoms with Crippen molar-refractivity contribution in [2.75, 3.05) is 13.1 Å². The number of nitrogens with one attached hydrogen (secondary N) is 1. The Morgan fingerprint density at radius 2 is 2.04 bits per heavy atom. The first-order valence-electron chi connectivity index (χ1n) is 8.44. The number of carbonyl (C=O) groups is 1. The van der Waals surface area contributed by atoms with Gasteiger partial charge in [0.1, 0.15) is 17.1 Å². The Bertz CT molecular complexity index is 858. The highest BCUT2D eigenvalue weighted by Gasteiger charge is 2.29. The summed E-state index contributed by atoms with van der Waals surface area (Å²) in [6, 6.07) is 9.17. The van der Waals surface area contributed by atoms with Gasteiger partial charge < -0.3 is 5.32 Å². The average Bonchev–Trinajstić information content (AvgIpc) is 3.32. The maximum Gasteiger partial charge on any atom is 0.242 e. The third-order valence-corrected chi connectivity index (χ3v) is 4.54. The smallest absolute Gasteiger partial charge is 0.242 e. The highest BCUT2D eigenvalue weighted by atomic mass is 16.6. The first-order chi connectivity index (χ1) is 12.3. The van der Waals surface area contributed by atoms with Crippen molar-refractivity contribution in [3.63, 3.8) is 0 Å². The van der Waals surface area contributed by atoms with Gasteiger partial charge in [-0.25, -0.2) is 4.63 Å². The summed E-state index contributed by atoms with van der Waals surface area (Å²) in [5.41, 5.74) is 3.29. The molecule has 25 heavy (non-hydrogen) atoms. The quantitative estimate of drug-likeness (QED) is 0.767. The van der Waals surface area contributed by atoms with Crippen LogP contribution in [0.15, 0.2) is 47.4 Å². The highest BCUT2D eigenvalue weighted by Crippen LogP contribution is 2.25. The molecule has 1 amide bonds. The third-order valence-electron chi connectivity index (χ3n) is 4.54. The lowest BCUT2D eigenvalue weighted by atomic mass is 10.1. The lowest BCUT2D eigenvalue weighted by molar-refractivity contribution is -0.126. The van der Waals surface area contributed by atoms with Crippen LogP contribution in [0.2, 0.25) is 0 Å². The SMILES string of the molecule is O=C(NCc1ccc2nonc2c1)C(c1cccnc1)N1CCCC1. The van der Waals surface area contributed by atoms with Crippen LogP contribution in [-0.4, -0.2) is 39.2 Å². The Hall–Kier alpha value is -2.80. The van der Waals surface area contributed by atoms with Gasteiger partial charge in [0, 0.05) is 18.9 Å². The maximum absolute atomic E-state index is 12.9. The fraction of sp³-hybridized carbons (Fsp3) is 0.333. The van der Waals surface area contributed by atoms with Gasteiger partial charge in [-0.1, -0.05) is 12.1 Å². The summed E-state index contributed by atoms with van der Waals surface area (Å²) in [5, 5.41) is 10.7. The number of aromatic nitrogens is 3. The summed E-state index contributed by atoms with van der Waals surface area (Å²) in [6.45, 7) is 2.30. The van der Waals surface area contributed by atoms with Crippen molar-refractivity contribution in [1.82, 2.24) is 25.5 Å². The van der Waals surface area contributed by atoms with Crippen LogP contribution in [0, 0.1) is 0 Å². The molecular weight excluding hydrogens is 318 g/mol. The lowest BCUT2D eigenvalue weighted by Crippen LogP contribution is -2.39. The van der Waals surface area contributed by atoms with Crippen LogP contribution in [0.5, 0.6) is 0 Å². The number of carbonyl (C=O) groups excluding carboxylic acids is 1. The second kappa shape index (κ2) is 6.98. The molecule has 1 unspecified atom stereocenters. The first kappa shape index (κ1) is 15.7. The van der Waals surface area contributed by atoms with Crippen molar-refractivity contribution < 1.29 is 9.42 Å². The molecule has 7 nitrogen and oxygen atoms in total. The zero-order chi connectivity index (χ0) is 17.1. The van der Waals surface area contributed by atoms with Gasteiger partial charge in [0.05, 0.1) is 0 Å². The normalized spacial score (nSPS) is 16.2. The van der Waals surface area contributed by atoms with Crippen molar-refractivity contribution in [3.05, 3.63) is 53.9 Å². The Kier molecular flexibility index (Phi) is 4.39. The van der Waals surface area contributed by atoms with E-state index >= 15 is 0 Å². The summed E-state index contributed by atoms with van der Waals surface area (Å²) in [7, 11) is 0. The number of rotatable bonds is 5. The minimum atomic E-state index is -0.298. The molecule has 1 fully saturated rings. The molecule has 1 aliphatic heterocycles. The molecule has 7 heteroatoms. The fourth-order valence-corrected chi connectivity index (χ4v) is 3.29. The standard InChI is InChI=1S/C18H19N5O2/c24-18(20-11-13-5-6-15-16(10-13)22-25-21-15)17(23-8-1-2-9-23)14-4-3-7-19-12-14/h3-7,10,12,17H,1-2,8-9,11H2,(H,20,24). The molecule has 0 aliphatic carbocycles. The van der Waals surface area contributed by atoms with Crippen LogP contribution in [0.4, 0.5) is 0 Å². The fourth-order valence-electron chi connectivity index (χ4n) is 3.29. The zero-order valence-electron chi connectivity index (χ0n) is 13.8. The Morgan fingerprint density at radius 3 is 2.84 bits per heavy atom. The van der Waals surface area contributed by atoms with E-state index in [0.29, 0.717) is 17.6 Å². The van der Waals surface area contributed by atoms with Gasteiger partial charge in [-0.3, -0.25) is 14.7 Å². The van der Waals surface area contributed by atoms with Crippen molar-refractivity contribution in [2.45, 2.75) is 25.4 Å².